The second kappa shape index (κ2) is 15.0. The Balaban J connectivity index is 0.000000308. The van der Waals surface area contributed by atoms with Crippen LogP contribution in [0.25, 0.3) is 0 Å². The first kappa shape index (κ1) is 30.6. The molecule has 2 fully saturated rings. The number of aliphatic carboxylic acids is 1. The molecule has 37 heavy (non-hydrogen) atoms. The highest BCUT2D eigenvalue weighted by molar-refractivity contribution is 5.80. The maximum Gasteiger partial charge on any atom is 0.410 e. The molecular weight excluding hydrogens is 472 g/mol. The van der Waals surface area contributed by atoms with Crippen LogP contribution in [-0.4, -0.2) is 58.8 Å². The minimum Gasteiger partial charge on any atom is -0.480 e. The van der Waals surface area contributed by atoms with Crippen LogP contribution in [0.5, 0.6) is 5.75 Å². The van der Waals surface area contributed by atoms with E-state index in [0.717, 1.165) is 17.0 Å². The predicted octanol–water partition coefficient (Wildman–Crippen LogP) is 5.72. The Bertz CT molecular complexity index is 836. The van der Waals surface area contributed by atoms with E-state index in [9.17, 15) is 19.5 Å². The van der Waals surface area contributed by atoms with E-state index in [1.165, 1.54) is 78.2 Å². The van der Waals surface area contributed by atoms with Crippen molar-refractivity contribution in [2.24, 2.45) is 0 Å². The Morgan fingerprint density at radius 1 is 0.946 bits per heavy atom. The fourth-order valence-electron chi connectivity index (χ4n) is 4.81. The van der Waals surface area contributed by atoms with Crippen LogP contribution in [0.4, 0.5) is 4.79 Å². The number of benzene rings is 1. The third kappa shape index (κ3) is 12.0. The van der Waals surface area contributed by atoms with Crippen molar-refractivity contribution in [1.29, 1.82) is 0 Å². The third-order valence-corrected chi connectivity index (χ3v) is 6.73. The fourth-order valence-corrected chi connectivity index (χ4v) is 4.81. The van der Waals surface area contributed by atoms with Crippen LogP contribution < -0.4 is 10.1 Å². The molecule has 0 unspecified atom stereocenters. The smallest absolute Gasteiger partial charge is 0.410 e. The Hall–Kier alpha value is -2.61. The molecule has 8 heteroatoms. The van der Waals surface area contributed by atoms with E-state index in [-0.39, 0.29) is 6.42 Å². The molecule has 8 nitrogen and oxygen atoms in total. The second-order valence-electron chi connectivity index (χ2n) is 11.2. The lowest BCUT2D eigenvalue weighted by molar-refractivity contribution is -0.142. The first-order valence-corrected chi connectivity index (χ1v) is 13.7. The van der Waals surface area contributed by atoms with Crippen molar-refractivity contribution in [3.8, 4) is 5.75 Å². The Morgan fingerprint density at radius 3 is 1.84 bits per heavy atom. The quantitative estimate of drug-likeness (QED) is 0.351. The van der Waals surface area contributed by atoms with Crippen molar-refractivity contribution in [3.63, 3.8) is 0 Å². The van der Waals surface area contributed by atoms with Crippen molar-refractivity contribution < 1.29 is 29.0 Å². The third-order valence-electron chi connectivity index (χ3n) is 6.73. The standard InChI is InChI=1S/C17H23NO6.C12H23N/c1-11(19)23-13-8-6-12(7-9-13)10-14(15(20)21)18(5)16(22)24-17(2,3)4;1-3-7-11(8-4-1)13-12-9-5-2-6-10-12/h6-9,14H,10H2,1-5H3,(H,20,21);11-13H,1-10H2/t14-;/m0./s1. The minimum absolute atomic E-state index is 0.103. The van der Waals surface area contributed by atoms with Gasteiger partial charge in [-0.05, 0) is 64.2 Å². The minimum atomic E-state index is -1.13. The van der Waals surface area contributed by atoms with Gasteiger partial charge in [-0.25, -0.2) is 9.59 Å². The summed E-state index contributed by atoms with van der Waals surface area (Å²) < 4.78 is 10.1. The van der Waals surface area contributed by atoms with Crippen molar-refractivity contribution in [1.82, 2.24) is 10.2 Å². The summed E-state index contributed by atoms with van der Waals surface area (Å²) in [5.41, 5.74) is -0.0196. The Labute approximate surface area is 222 Å². The highest BCUT2D eigenvalue weighted by Crippen LogP contribution is 2.22. The fraction of sp³-hybridized carbons (Fsp3) is 0.690. The number of esters is 1. The molecule has 2 saturated carbocycles. The van der Waals surface area contributed by atoms with Gasteiger partial charge in [-0.1, -0.05) is 50.7 Å². The number of hydrogen-bond acceptors (Lipinski definition) is 6. The van der Waals surface area contributed by atoms with Crippen molar-refractivity contribution in [2.45, 2.75) is 122 Å². The van der Waals surface area contributed by atoms with E-state index in [1.807, 2.05) is 0 Å². The molecule has 0 aliphatic heterocycles. The zero-order valence-electron chi connectivity index (χ0n) is 23.3. The van der Waals surface area contributed by atoms with Gasteiger partial charge in [0.05, 0.1) is 0 Å². The van der Waals surface area contributed by atoms with Gasteiger partial charge in [0.25, 0.3) is 0 Å². The van der Waals surface area contributed by atoms with Crippen LogP contribution in [-0.2, 0) is 20.7 Å². The predicted molar refractivity (Wildman–Crippen MR) is 144 cm³/mol. The number of carboxylic acids is 1. The monoisotopic (exact) mass is 518 g/mol. The van der Waals surface area contributed by atoms with E-state index < -0.39 is 29.7 Å². The highest BCUT2D eigenvalue weighted by Gasteiger charge is 2.30. The molecule has 1 aromatic rings. The number of carbonyl (C=O) groups excluding carboxylic acids is 2. The van der Waals surface area contributed by atoms with Gasteiger partial charge in [0, 0.05) is 32.5 Å². The molecule has 1 amide bonds. The number of carbonyl (C=O) groups is 3. The number of carboxylic acid groups (broad SMARTS) is 1. The molecule has 0 radical (unpaired) electrons. The molecule has 1 atom stereocenters. The Kier molecular flexibility index (Phi) is 12.4. The average molecular weight is 519 g/mol. The summed E-state index contributed by atoms with van der Waals surface area (Å²) in [7, 11) is 1.39. The van der Waals surface area contributed by atoms with Crippen LogP contribution in [0.15, 0.2) is 24.3 Å². The van der Waals surface area contributed by atoms with Gasteiger partial charge in [-0.15, -0.1) is 0 Å². The normalized spacial score (nSPS) is 17.6. The SMILES string of the molecule is C1CCC(NC2CCCCC2)CC1.CC(=O)Oc1ccc(C[C@@H](C(=O)O)N(C)C(=O)OC(C)(C)C)cc1. The number of hydrogen-bond donors (Lipinski definition) is 2. The van der Waals surface area contributed by atoms with Crippen molar-refractivity contribution in [2.75, 3.05) is 7.05 Å². The molecule has 3 rings (SSSR count). The van der Waals surface area contributed by atoms with Gasteiger partial charge in [0.2, 0.25) is 0 Å². The van der Waals surface area contributed by atoms with Crippen LogP contribution in [0, 0.1) is 0 Å². The molecular formula is C29H46N2O6. The molecule has 0 aromatic heterocycles. The van der Waals surface area contributed by atoms with E-state index in [4.69, 9.17) is 9.47 Å². The van der Waals surface area contributed by atoms with Crippen LogP contribution in [0.2, 0.25) is 0 Å². The summed E-state index contributed by atoms with van der Waals surface area (Å²) in [4.78, 5) is 35.5. The number of ether oxygens (including phenoxy) is 2. The summed E-state index contributed by atoms with van der Waals surface area (Å²) in [5.74, 6) is -1.19. The summed E-state index contributed by atoms with van der Waals surface area (Å²) in [5, 5.41) is 13.3. The van der Waals surface area contributed by atoms with Crippen molar-refractivity contribution in [3.05, 3.63) is 29.8 Å². The second-order valence-corrected chi connectivity index (χ2v) is 11.2. The van der Waals surface area contributed by atoms with Crippen molar-refractivity contribution >= 4 is 18.0 Å². The summed E-state index contributed by atoms with van der Waals surface area (Å²) in [6.07, 6.45) is 14.0. The first-order valence-electron chi connectivity index (χ1n) is 13.7. The molecule has 0 bridgehead atoms. The summed E-state index contributed by atoms with van der Waals surface area (Å²) in [6.45, 7) is 6.43. The average Bonchev–Trinajstić information content (AvgIpc) is 2.83. The largest absolute Gasteiger partial charge is 0.480 e. The number of rotatable bonds is 7. The lowest BCUT2D eigenvalue weighted by Gasteiger charge is -2.30. The number of nitrogens with one attached hydrogen (secondary N) is 1. The van der Waals surface area contributed by atoms with E-state index in [2.05, 4.69) is 5.32 Å². The van der Waals surface area contributed by atoms with Gasteiger partial charge >= 0.3 is 18.0 Å². The number of likely N-dealkylation sites (N-methyl/N-ethyl adjacent to an activating group) is 1. The zero-order chi connectivity index (χ0) is 27.4. The van der Waals surface area contributed by atoms with Crippen LogP contribution in [0.1, 0.15) is 97.5 Å². The maximum absolute atomic E-state index is 12.1. The lowest BCUT2D eigenvalue weighted by Crippen LogP contribution is -2.46. The topological polar surface area (TPSA) is 105 Å². The van der Waals surface area contributed by atoms with Gasteiger partial charge in [-0.2, -0.15) is 0 Å². The molecule has 0 spiro atoms. The zero-order valence-corrected chi connectivity index (χ0v) is 23.3. The Morgan fingerprint density at radius 2 is 1.43 bits per heavy atom. The van der Waals surface area contributed by atoms with Gasteiger partial charge in [0.1, 0.15) is 17.4 Å². The summed E-state index contributed by atoms with van der Waals surface area (Å²) in [6, 6.07) is 7.12. The molecule has 2 aliphatic rings. The van der Waals surface area contributed by atoms with Gasteiger partial charge < -0.3 is 19.9 Å². The number of amides is 1. The number of nitrogens with zero attached hydrogens (tertiary/aromatic N) is 1. The molecule has 2 aliphatic carbocycles. The molecule has 2 N–H and O–H groups in total. The lowest BCUT2D eigenvalue weighted by atomic mass is 9.91. The highest BCUT2D eigenvalue weighted by atomic mass is 16.6. The van der Waals surface area contributed by atoms with Crippen LogP contribution >= 0.6 is 0 Å². The summed E-state index contributed by atoms with van der Waals surface area (Å²) >= 11 is 0. The molecule has 1 aromatic carbocycles. The first-order chi connectivity index (χ1) is 17.4. The van der Waals surface area contributed by atoms with E-state index in [1.54, 1.807) is 45.0 Å². The van der Waals surface area contributed by atoms with Crippen LogP contribution in [0.3, 0.4) is 0 Å². The van der Waals surface area contributed by atoms with Gasteiger partial charge in [0.15, 0.2) is 0 Å². The molecule has 0 heterocycles. The molecule has 208 valence electrons. The maximum atomic E-state index is 12.1. The van der Waals surface area contributed by atoms with E-state index in [0.29, 0.717) is 11.3 Å². The molecule has 0 saturated heterocycles. The van der Waals surface area contributed by atoms with Gasteiger partial charge in [-0.3, -0.25) is 9.69 Å². The van der Waals surface area contributed by atoms with E-state index >= 15 is 0 Å².